The zero-order chi connectivity index (χ0) is 21.4. The second kappa shape index (κ2) is 7.85. The summed E-state index contributed by atoms with van der Waals surface area (Å²) in [6, 6.07) is 17.5. The molecule has 0 spiro atoms. The molecule has 3 aromatic heterocycles. The number of aryl methyl sites for hydroxylation is 1. The highest BCUT2D eigenvalue weighted by Crippen LogP contribution is 2.29. The van der Waals surface area contributed by atoms with Crippen LogP contribution in [0.5, 0.6) is 0 Å². The monoisotopic (exact) mass is 430 g/mol. The van der Waals surface area contributed by atoms with Gasteiger partial charge in [-0.25, -0.2) is 14.5 Å². The molecule has 0 N–H and O–H groups in total. The van der Waals surface area contributed by atoms with Crippen molar-refractivity contribution in [2.24, 2.45) is 5.16 Å². The van der Waals surface area contributed by atoms with Crippen LogP contribution in [0.25, 0.3) is 22.4 Å². The van der Waals surface area contributed by atoms with Crippen molar-refractivity contribution < 1.29 is 4.84 Å². The quantitative estimate of drug-likeness (QED) is 0.294. The summed E-state index contributed by atoms with van der Waals surface area (Å²) in [6.45, 7) is 4.33. The summed E-state index contributed by atoms with van der Waals surface area (Å²) in [7, 11) is 0. The molecule has 2 aromatic carbocycles. The van der Waals surface area contributed by atoms with Gasteiger partial charge < -0.3 is 4.84 Å². The molecule has 0 bridgehead atoms. The van der Waals surface area contributed by atoms with Crippen LogP contribution in [-0.4, -0.2) is 30.4 Å². The van der Waals surface area contributed by atoms with E-state index in [0.717, 1.165) is 39.2 Å². The molecule has 5 aromatic rings. The molecule has 0 radical (unpaired) electrons. The maximum Gasteiger partial charge on any atom is 0.192 e. The lowest BCUT2D eigenvalue weighted by Crippen LogP contribution is -1.99. The second-order valence-corrected chi connectivity index (χ2v) is 7.62. The minimum Gasteiger partial charge on any atom is -0.387 e. The van der Waals surface area contributed by atoms with Crippen LogP contribution in [0, 0.1) is 13.8 Å². The van der Waals surface area contributed by atoms with Crippen LogP contribution in [-0.2, 0) is 11.4 Å². The SMILES string of the molecule is Cc1c(C)n(-c2ccccc2)c2ncn3nc(CO/N=C/c4ccc(Cl)cc4)nc3c12. The second-order valence-electron chi connectivity index (χ2n) is 7.18. The van der Waals surface area contributed by atoms with E-state index in [1.54, 1.807) is 29.2 Å². The van der Waals surface area contributed by atoms with Gasteiger partial charge in [-0.05, 0) is 49.2 Å². The Bertz CT molecular complexity index is 1400. The molecule has 7 nitrogen and oxygen atoms in total. The Morgan fingerprint density at radius 3 is 2.58 bits per heavy atom. The Balaban J connectivity index is 1.46. The Kier molecular flexibility index (Phi) is 4.88. The molecule has 0 atom stereocenters. The molecule has 0 aliphatic rings. The first-order valence-corrected chi connectivity index (χ1v) is 10.2. The fourth-order valence-corrected chi connectivity index (χ4v) is 3.73. The first-order chi connectivity index (χ1) is 15.1. The Morgan fingerprint density at radius 2 is 1.81 bits per heavy atom. The van der Waals surface area contributed by atoms with Crippen molar-refractivity contribution >= 4 is 34.5 Å². The number of aromatic nitrogens is 5. The molecule has 3 heterocycles. The van der Waals surface area contributed by atoms with E-state index in [4.69, 9.17) is 16.4 Å². The van der Waals surface area contributed by atoms with Gasteiger partial charge in [0.1, 0.15) is 6.33 Å². The Morgan fingerprint density at radius 1 is 1.03 bits per heavy atom. The molecule has 0 fully saturated rings. The minimum atomic E-state index is 0.157. The van der Waals surface area contributed by atoms with Gasteiger partial charge >= 0.3 is 0 Å². The van der Waals surface area contributed by atoms with Crippen LogP contribution in [0.4, 0.5) is 0 Å². The molecular formula is C23H19ClN6O. The summed E-state index contributed by atoms with van der Waals surface area (Å²) in [6.07, 6.45) is 3.31. The van der Waals surface area contributed by atoms with E-state index >= 15 is 0 Å². The van der Waals surface area contributed by atoms with E-state index in [9.17, 15) is 0 Å². The number of rotatable bonds is 5. The van der Waals surface area contributed by atoms with Crippen molar-refractivity contribution in [2.45, 2.75) is 20.5 Å². The van der Waals surface area contributed by atoms with Crippen molar-refractivity contribution in [1.29, 1.82) is 0 Å². The predicted molar refractivity (Wildman–Crippen MR) is 121 cm³/mol. The largest absolute Gasteiger partial charge is 0.387 e. The molecule has 0 aliphatic carbocycles. The maximum absolute atomic E-state index is 5.89. The lowest BCUT2D eigenvalue weighted by Gasteiger charge is -2.07. The Labute approximate surface area is 183 Å². The molecule has 154 valence electrons. The van der Waals surface area contributed by atoms with Crippen molar-refractivity contribution in [2.75, 3.05) is 0 Å². The molecule has 5 rings (SSSR count). The number of fused-ring (bicyclic) bond motifs is 3. The molecule has 8 heteroatoms. The summed E-state index contributed by atoms with van der Waals surface area (Å²) in [5.41, 5.74) is 5.81. The number of benzene rings is 2. The van der Waals surface area contributed by atoms with E-state index in [2.05, 4.69) is 50.8 Å². The van der Waals surface area contributed by atoms with E-state index in [0.29, 0.717) is 10.8 Å². The fourth-order valence-electron chi connectivity index (χ4n) is 3.60. The smallest absolute Gasteiger partial charge is 0.192 e. The normalized spacial score (nSPS) is 11.7. The number of nitrogens with zero attached hydrogens (tertiary/aromatic N) is 6. The number of halogens is 1. The zero-order valence-electron chi connectivity index (χ0n) is 17.0. The van der Waals surface area contributed by atoms with Gasteiger partial charge in [0.05, 0.1) is 11.6 Å². The number of hydrogen-bond acceptors (Lipinski definition) is 5. The van der Waals surface area contributed by atoms with Crippen LogP contribution >= 0.6 is 11.6 Å². The molecular weight excluding hydrogens is 412 g/mol. The first-order valence-electron chi connectivity index (χ1n) is 9.80. The van der Waals surface area contributed by atoms with Crippen molar-refractivity contribution in [1.82, 2.24) is 24.1 Å². The van der Waals surface area contributed by atoms with E-state index < -0.39 is 0 Å². The third-order valence-electron chi connectivity index (χ3n) is 5.23. The highest BCUT2D eigenvalue weighted by Gasteiger charge is 2.18. The van der Waals surface area contributed by atoms with Crippen LogP contribution in [0.2, 0.25) is 5.02 Å². The Hall–Kier alpha value is -3.71. The highest BCUT2D eigenvalue weighted by molar-refractivity contribution is 6.30. The third kappa shape index (κ3) is 3.53. The lowest BCUT2D eigenvalue weighted by molar-refractivity contribution is 0.126. The van der Waals surface area contributed by atoms with E-state index in [1.807, 2.05) is 30.3 Å². The van der Waals surface area contributed by atoms with E-state index in [-0.39, 0.29) is 6.61 Å². The number of hydrogen-bond donors (Lipinski definition) is 0. The summed E-state index contributed by atoms with van der Waals surface area (Å²) < 4.78 is 3.83. The van der Waals surface area contributed by atoms with Gasteiger partial charge in [0.2, 0.25) is 0 Å². The molecule has 0 saturated heterocycles. The topological polar surface area (TPSA) is 69.6 Å². The molecule has 31 heavy (non-hydrogen) atoms. The summed E-state index contributed by atoms with van der Waals surface area (Å²) in [4.78, 5) is 14.8. The average molecular weight is 431 g/mol. The summed E-state index contributed by atoms with van der Waals surface area (Å²) >= 11 is 5.89. The van der Waals surface area contributed by atoms with Crippen molar-refractivity contribution in [3.63, 3.8) is 0 Å². The summed E-state index contributed by atoms with van der Waals surface area (Å²) in [5, 5.41) is 10.1. The molecule has 0 saturated carbocycles. The van der Waals surface area contributed by atoms with Crippen molar-refractivity contribution in [3.05, 3.63) is 88.6 Å². The van der Waals surface area contributed by atoms with Gasteiger partial charge in [-0.2, -0.15) is 0 Å². The zero-order valence-corrected chi connectivity index (χ0v) is 17.8. The number of para-hydroxylation sites is 1. The van der Waals surface area contributed by atoms with Crippen LogP contribution < -0.4 is 0 Å². The minimum absolute atomic E-state index is 0.157. The average Bonchev–Trinajstić information content (AvgIpc) is 3.31. The van der Waals surface area contributed by atoms with Crippen molar-refractivity contribution in [3.8, 4) is 5.69 Å². The third-order valence-corrected chi connectivity index (χ3v) is 5.48. The van der Waals surface area contributed by atoms with Crippen LogP contribution in [0.15, 0.2) is 66.1 Å². The lowest BCUT2D eigenvalue weighted by atomic mass is 10.2. The first kappa shape index (κ1) is 19.3. The van der Waals surface area contributed by atoms with Gasteiger partial charge in [-0.1, -0.05) is 47.1 Å². The number of oxime groups is 1. The molecule has 0 amide bonds. The molecule has 0 aliphatic heterocycles. The molecule has 0 unspecified atom stereocenters. The maximum atomic E-state index is 5.89. The van der Waals surface area contributed by atoms with Crippen LogP contribution in [0.1, 0.15) is 22.6 Å². The van der Waals surface area contributed by atoms with Gasteiger partial charge in [0, 0.05) is 16.4 Å². The van der Waals surface area contributed by atoms with Gasteiger partial charge in [-0.15, -0.1) is 5.10 Å². The van der Waals surface area contributed by atoms with Gasteiger partial charge in [0.15, 0.2) is 23.7 Å². The van der Waals surface area contributed by atoms with Gasteiger partial charge in [0.25, 0.3) is 0 Å². The standard InChI is InChI=1S/C23H19ClN6O/c1-15-16(2)30(19-6-4-3-5-7-19)22-21(15)23-27-20(28-29(23)14-25-22)13-31-26-12-17-8-10-18(24)11-9-17/h3-12,14H,13H2,1-2H3/b26-12+. The van der Waals surface area contributed by atoms with E-state index in [1.165, 1.54) is 0 Å². The predicted octanol–water partition coefficient (Wildman–Crippen LogP) is 4.89. The fraction of sp³-hybridized carbons (Fsp3) is 0.130. The summed E-state index contributed by atoms with van der Waals surface area (Å²) in [5.74, 6) is 0.534. The highest BCUT2D eigenvalue weighted by atomic mass is 35.5. The van der Waals surface area contributed by atoms with Gasteiger partial charge in [-0.3, -0.25) is 4.57 Å². The van der Waals surface area contributed by atoms with Crippen LogP contribution in [0.3, 0.4) is 0 Å².